The lowest BCUT2D eigenvalue weighted by molar-refractivity contribution is -0.384. The second kappa shape index (κ2) is 8.42. The van der Waals surface area contributed by atoms with Gasteiger partial charge in [0.2, 0.25) is 0 Å². The molecule has 1 aromatic heterocycles. The zero-order valence-corrected chi connectivity index (χ0v) is 16.1. The number of hydrogen-bond donors (Lipinski definition) is 1. The number of H-pyrrole nitrogens is 1. The van der Waals surface area contributed by atoms with Crippen LogP contribution < -0.4 is 5.56 Å². The van der Waals surface area contributed by atoms with Crippen LogP contribution in [0.4, 0.5) is 5.69 Å². The monoisotopic (exact) mass is 408 g/mol. The zero-order chi connectivity index (χ0) is 21.1. The molecule has 9 nitrogen and oxygen atoms in total. The molecule has 1 amide bonds. The van der Waals surface area contributed by atoms with Gasteiger partial charge in [-0.15, -0.1) is 0 Å². The molecule has 2 heterocycles. The lowest BCUT2D eigenvalue weighted by Gasteiger charge is -2.25. The van der Waals surface area contributed by atoms with Crippen molar-refractivity contribution in [1.82, 2.24) is 14.9 Å². The maximum atomic E-state index is 13.1. The van der Waals surface area contributed by atoms with Crippen LogP contribution in [0.25, 0.3) is 10.9 Å². The standard InChI is InChI=1S/C21H20N4O5/c26-20-17-5-1-2-6-18(17)22-19(23-20)13-24(12-16-4-3-11-30-16)21(27)14-7-9-15(10-8-14)25(28)29/h1-2,5-10,16H,3-4,11-13H2,(H,22,23,26)/t16-/m1/s1. The number of nitro groups is 1. The highest BCUT2D eigenvalue weighted by atomic mass is 16.6. The number of hydrogen-bond acceptors (Lipinski definition) is 6. The largest absolute Gasteiger partial charge is 0.376 e. The Balaban J connectivity index is 1.63. The molecule has 0 radical (unpaired) electrons. The van der Waals surface area contributed by atoms with E-state index in [1.807, 2.05) is 0 Å². The molecule has 30 heavy (non-hydrogen) atoms. The zero-order valence-electron chi connectivity index (χ0n) is 16.1. The van der Waals surface area contributed by atoms with E-state index >= 15 is 0 Å². The third-order valence-corrected chi connectivity index (χ3v) is 5.06. The quantitative estimate of drug-likeness (QED) is 0.495. The van der Waals surface area contributed by atoms with E-state index in [1.165, 1.54) is 24.3 Å². The van der Waals surface area contributed by atoms with E-state index in [1.54, 1.807) is 29.2 Å². The maximum absolute atomic E-state index is 13.1. The van der Waals surface area contributed by atoms with Crippen molar-refractivity contribution in [3.63, 3.8) is 0 Å². The van der Waals surface area contributed by atoms with E-state index in [2.05, 4.69) is 9.97 Å². The Labute approximate surface area is 171 Å². The number of aromatic amines is 1. The summed E-state index contributed by atoms with van der Waals surface area (Å²) < 4.78 is 5.68. The van der Waals surface area contributed by atoms with Gasteiger partial charge in [0.05, 0.1) is 28.5 Å². The number of carbonyl (C=O) groups excluding carboxylic acids is 1. The van der Waals surface area contributed by atoms with Crippen LogP contribution in [0.5, 0.6) is 0 Å². The van der Waals surface area contributed by atoms with E-state index in [-0.39, 0.29) is 29.8 Å². The maximum Gasteiger partial charge on any atom is 0.269 e. The molecule has 0 unspecified atom stereocenters. The summed E-state index contributed by atoms with van der Waals surface area (Å²) in [6.45, 7) is 1.08. The summed E-state index contributed by atoms with van der Waals surface area (Å²) in [4.78, 5) is 44.7. The molecule has 3 aromatic rings. The number of nitrogens with zero attached hydrogens (tertiary/aromatic N) is 3. The molecule has 154 valence electrons. The summed E-state index contributed by atoms with van der Waals surface area (Å²) >= 11 is 0. The minimum absolute atomic E-state index is 0.0854. The van der Waals surface area contributed by atoms with Crippen molar-refractivity contribution in [2.45, 2.75) is 25.5 Å². The van der Waals surface area contributed by atoms with Gasteiger partial charge < -0.3 is 14.6 Å². The summed E-state index contributed by atoms with van der Waals surface area (Å²) in [5, 5.41) is 11.4. The highest BCUT2D eigenvalue weighted by Gasteiger charge is 2.25. The van der Waals surface area contributed by atoms with Gasteiger partial charge in [0.25, 0.3) is 17.2 Å². The number of amides is 1. The second-order valence-electron chi connectivity index (χ2n) is 7.15. The molecule has 1 N–H and O–H groups in total. The molecular formula is C21H20N4O5. The fourth-order valence-corrected chi connectivity index (χ4v) is 3.55. The number of nitrogens with one attached hydrogen (secondary N) is 1. The van der Waals surface area contributed by atoms with Crippen molar-refractivity contribution < 1.29 is 14.5 Å². The van der Waals surface area contributed by atoms with Crippen molar-refractivity contribution in [2.24, 2.45) is 0 Å². The van der Waals surface area contributed by atoms with Gasteiger partial charge in [-0.3, -0.25) is 19.7 Å². The number of rotatable bonds is 6. The summed E-state index contributed by atoms with van der Waals surface area (Å²) in [6.07, 6.45) is 1.67. The fourth-order valence-electron chi connectivity index (χ4n) is 3.55. The van der Waals surface area contributed by atoms with Crippen LogP contribution in [0.2, 0.25) is 0 Å². The predicted molar refractivity (Wildman–Crippen MR) is 109 cm³/mol. The third-order valence-electron chi connectivity index (χ3n) is 5.06. The van der Waals surface area contributed by atoms with Crippen molar-refractivity contribution in [3.05, 3.63) is 80.4 Å². The third kappa shape index (κ3) is 4.20. The summed E-state index contributed by atoms with van der Waals surface area (Å²) in [5.74, 6) is 0.0585. The van der Waals surface area contributed by atoms with E-state index in [0.29, 0.717) is 35.4 Å². The number of ether oxygens (including phenoxy) is 1. The van der Waals surface area contributed by atoms with Crippen LogP contribution in [-0.2, 0) is 11.3 Å². The minimum atomic E-state index is -0.512. The minimum Gasteiger partial charge on any atom is -0.376 e. The summed E-state index contributed by atoms with van der Waals surface area (Å²) in [5.41, 5.74) is 0.519. The Morgan fingerprint density at radius 2 is 2.00 bits per heavy atom. The lowest BCUT2D eigenvalue weighted by atomic mass is 10.1. The van der Waals surface area contributed by atoms with Gasteiger partial charge in [-0.25, -0.2) is 4.98 Å². The van der Waals surface area contributed by atoms with E-state index in [9.17, 15) is 19.7 Å². The second-order valence-corrected chi connectivity index (χ2v) is 7.15. The topological polar surface area (TPSA) is 118 Å². The average molecular weight is 408 g/mol. The van der Waals surface area contributed by atoms with Crippen molar-refractivity contribution in [3.8, 4) is 0 Å². The Morgan fingerprint density at radius 1 is 1.23 bits per heavy atom. The number of fused-ring (bicyclic) bond motifs is 1. The molecule has 1 fully saturated rings. The van der Waals surface area contributed by atoms with Gasteiger partial charge in [-0.1, -0.05) is 12.1 Å². The van der Waals surface area contributed by atoms with Crippen LogP contribution in [0.1, 0.15) is 29.0 Å². The van der Waals surface area contributed by atoms with Gasteiger partial charge in [0.15, 0.2) is 0 Å². The Bertz CT molecular complexity index is 1140. The first kappa shape index (κ1) is 19.7. The predicted octanol–water partition coefficient (Wildman–Crippen LogP) is 2.65. The number of aromatic nitrogens is 2. The Morgan fingerprint density at radius 3 is 2.70 bits per heavy atom. The Hall–Kier alpha value is -3.59. The van der Waals surface area contributed by atoms with Crippen molar-refractivity contribution >= 4 is 22.5 Å². The number of nitro benzene ring substituents is 1. The van der Waals surface area contributed by atoms with Crippen molar-refractivity contribution in [2.75, 3.05) is 13.2 Å². The van der Waals surface area contributed by atoms with Crippen LogP contribution in [-0.4, -0.2) is 45.0 Å². The van der Waals surface area contributed by atoms with E-state index < -0.39 is 4.92 Å². The fraction of sp³-hybridized carbons (Fsp3) is 0.286. The highest BCUT2D eigenvalue weighted by molar-refractivity contribution is 5.94. The molecule has 9 heteroatoms. The molecule has 1 aliphatic heterocycles. The number of non-ortho nitro benzene ring substituents is 1. The van der Waals surface area contributed by atoms with Crippen LogP contribution in [0.3, 0.4) is 0 Å². The SMILES string of the molecule is O=C(c1ccc([N+](=O)[O-])cc1)N(Cc1nc2ccccc2c(=O)[nH]1)C[C@H]1CCCO1. The molecule has 0 aliphatic carbocycles. The van der Waals surface area contributed by atoms with Crippen LogP contribution >= 0.6 is 0 Å². The first-order chi connectivity index (χ1) is 14.5. The van der Waals surface area contributed by atoms with E-state index in [4.69, 9.17) is 4.74 Å². The smallest absolute Gasteiger partial charge is 0.269 e. The first-order valence-electron chi connectivity index (χ1n) is 9.64. The molecule has 2 aromatic carbocycles. The number of para-hydroxylation sites is 1. The van der Waals surface area contributed by atoms with Crippen LogP contribution in [0, 0.1) is 10.1 Å². The average Bonchev–Trinajstić information content (AvgIpc) is 3.26. The molecule has 4 rings (SSSR count). The normalized spacial score (nSPS) is 15.9. The lowest BCUT2D eigenvalue weighted by Crippen LogP contribution is -2.37. The van der Waals surface area contributed by atoms with E-state index in [0.717, 1.165) is 12.8 Å². The molecule has 1 aliphatic rings. The molecule has 1 saturated heterocycles. The van der Waals surface area contributed by atoms with Gasteiger partial charge in [-0.05, 0) is 37.1 Å². The first-order valence-corrected chi connectivity index (χ1v) is 9.64. The molecule has 0 spiro atoms. The molecule has 0 bridgehead atoms. The molecule has 0 saturated carbocycles. The Kier molecular flexibility index (Phi) is 5.53. The number of benzene rings is 2. The van der Waals surface area contributed by atoms with Gasteiger partial charge in [0, 0.05) is 30.8 Å². The summed E-state index contributed by atoms with van der Waals surface area (Å²) in [6, 6.07) is 12.5. The highest BCUT2D eigenvalue weighted by Crippen LogP contribution is 2.18. The van der Waals surface area contributed by atoms with Gasteiger partial charge >= 0.3 is 0 Å². The van der Waals surface area contributed by atoms with Crippen molar-refractivity contribution in [1.29, 1.82) is 0 Å². The van der Waals surface area contributed by atoms with Gasteiger partial charge in [0.1, 0.15) is 5.82 Å². The summed E-state index contributed by atoms with van der Waals surface area (Å²) in [7, 11) is 0. The number of carbonyl (C=O) groups is 1. The van der Waals surface area contributed by atoms with Crippen LogP contribution in [0.15, 0.2) is 53.3 Å². The molecule has 1 atom stereocenters. The van der Waals surface area contributed by atoms with Gasteiger partial charge in [-0.2, -0.15) is 0 Å². The molecular weight excluding hydrogens is 388 g/mol.